The van der Waals surface area contributed by atoms with Gasteiger partial charge in [0.25, 0.3) is 0 Å². The number of benzene rings is 1. The summed E-state index contributed by atoms with van der Waals surface area (Å²) in [5.41, 5.74) is 2.07. The van der Waals surface area contributed by atoms with Gasteiger partial charge in [-0.3, -0.25) is 0 Å². The quantitative estimate of drug-likeness (QED) is 0.923. The molecule has 0 saturated heterocycles. The van der Waals surface area contributed by atoms with Crippen molar-refractivity contribution in [3.63, 3.8) is 0 Å². The number of rotatable bonds is 4. The molecule has 0 aliphatic rings. The molecule has 0 bridgehead atoms. The van der Waals surface area contributed by atoms with Crippen molar-refractivity contribution in [3.05, 3.63) is 45.9 Å². The predicted molar refractivity (Wildman–Crippen MR) is 82.2 cm³/mol. The third-order valence-electron chi connectivity index (χ3n) is 3.04. The summed E-state index contributed by atoms with van der Waals surface area (Å²) in [6.07, 6.45) is -0.447. The Balaban J connectivity index is 1.96. The van der Waals surface area contributed by atoms with Crippen molar-refractivity contribution >= 4 is 11.3 Å². The Labute approximate surface area is 124 Å². The van der Waals surface area contributed by atoms with Gasteiger partial charge in [-0.25, -0.2) is 4.98 Å². The van der Waals surface area contributed by atoms with Gasteiger partial charge in [0.15, 0.2) is 0 Å². The van der Waals surface area contributed by atoms with Crippen molar-refractivity contribution in [1.29, 1.82) is 0 Å². The van der Waals surface area contributed by atoms with Crippen LogP contribution >= 0.6 is 11.3 Å². The molecular formula is C16H21NO2S. The number of ether oxygens (including phenoxy) is 1. The van der Waals surface area contributed by atoms with E-state index in [0.29, 0.717) is 6.61 Å². The van der Waals surface area contributed by atoms with Gasteiger partial charge in [-0.1, -0.05) is 32.9 Å². The summed E-state index contributed by atoms with van der Waals surface area (Å²) in [5.74, 6) is 0.793. The standard InChI is InChI=1S/C16H21NO2S/c1-11(18)12-5-7-13(8-6-12)19-9-15-17-14(10-20-15)16(2,3)4/h5-8,10-11,18H,9H2,1-4H3. The fraction of sp³-hybridized carbons (Fsp3) is 0.438. The smallest absolute Gasteiger partial charge is 0.140 e. The molecule has 0 fully saturated rings. The van der Waals surface area contributed by atoms with E-state index in [-0.39, 0.29) is 5.41 Å². The van der Waals surface area contributed by atoms with Crippen LogP contribution in [0.25, 0.3) is 0 Å². The minimum atomic E-state index is -0.447. The van der Waals surface area contributed by atoms with Gasteiger partial charge in [0.1, 0.15) is 17.4 Å². The lowest BCUT2D eigenvalue weighted by Crippen LogP contribution is -2.11. The zero-order chi connectivity index (χ0) is 14.8. The molecule has 1 heterocycles. The molecule has 4 heteroatoms. The summed E-state index contributed by atoms with van der Waals surface area (Å²) in [4.78, 5) is 4.60. The van der Waals surface area contributed by atoms with Crippen LogP contribution in [0.3, 0.4) is 0 Å². The van der Waals surface area contributed by atoms with Crippen LogP contribution in [0.2, 0.25) is 0 Å². The van der Waals surface area contributed by atoms with Crippen molar-refractivity contribution in [3.8, 4) is 5.75 Å². The Bertz CT molecular complexity index is 553. The highest BCUT2D eigenvalue weighted by molar-refractivity contribution is 7.09. The van der Waals surface area contributed by atoms with Gasteiger partial charge in [-0.2, -0.15) is 0 Å². The Morgan fingerprint density at radius 2 is 1.90 bits per heavy atom. The molecule has 0 radical (unpaired) electrons. The Morgan fingerprint density at radius 3 is 2.40 bits per heavy atom. The second kappa shape index (κ2) is 5.94. The SMILES string of the molecule is CC(O)c1ccc(OCc2nc(C(C)(C)C)cs2)cc1. The van der Waals surface area contributed by atoms with E-state index < -0.39 is 6.10 Å². The highest BCUT2D eigenvalue weighted by Crippen LogP contribution is 2.25. The molecule has 1 atom stereocenters. The number of aliphatic hydroxyl groups is 1. The number of aromatic nitrogens is 1. The summed E-state index contributed by atoms with van der Waals surface area (Å²) in [7, 11) is 0. The molecule has 1 aromatic carbocycles. The second-order valence-corrected chi connectivity index (χ2v) is 6.85. The topological polar surface area (TPSA) is 42.4 Å². The molecule has 0 aliphatic carbocycles. The molecule has 0 amide bonds. The molecule has 0 saturated carbocycles. The van der Waals surface area contributed by atoms with Gasteiger partial charge < -0.3 is 9.84 Å². The largest absolute Gasteiger partial charge is 0.486 e. The lowest BCUT2D eigenvalue weighted by atomic mass is 9.93. The summed E-state index contributed by atoms with van der Waals surface area (Å²) in [6.45, 7) is 8.69. The second-order valence-electron chi connectivity index (χ2n) is 5.91. The molecule has 108 valence electrons. The van der Waals surface area contributed by atoms with E-state index in [1.54, 1.807) is 18.3 Å². The molecule has 2 aromatic rings. The van der Waals surface area contributed by atoms with Gasteiger partial charge in [-0.15, -0.1) is 11.3 Å². The molecule has 1 N–H and O–H groups in total. The maximum Gasteiger partial charge on any atom is 0.140 e. The number of thiazole rings is 1. The predicted octanol–water partition coefficient (Wildman–Crippen LogP) is 4.07. The van der Waals surface area contributed by atoms with Crippen molar-refractivity contribution in [1.82, 2.24) is 4.98 Å². The van der Waals surface area contributed by atoms with Crippen molar-refractivity contribution < 1.29 is 9.84 Å². The van der Waals surface area contributed by atoms with E-state index in [2.05, 4.69) is 31.1 Å². The maximum atomic E-state index is 9.45. The first-order chi connectivity index (χ1) is 9.36. The molecule has 20 heavy (non-hydrogen) atoms. The maximum absolute atomic E-state index is 9.45. The average Bonchev–Trinajstić information content (AvgIpc) is 2.85. The highest BCUT2D eigenvalue weighted by Gasteiger charge is 2.17. The van der Waals surface area contributed by atoms with Crippen LogP contribution < -0.4 is 4.74 Å². The number of nitrogens with zero attached hydrogens (tertiary/aromatic N) is 1. The lowest BCUT2D eigenvalue weighted by molar-refractivity contribution is 0.199. The number of aliphatic hydroxyl groups excluding tert-OH is 1. The first-order valence-electron chi connectivity index (χ1n) is 6.72. The van der Waals surface area contributed by atoms with Gasteiger partial charge in [-0.05, 0) is 24.6 Å². The van der Waals surface area contributed by atoms with Crippen LogP contribution in [0.5, 0.6) is 5.75 Å². The molecule has 1 aromatic heterocycles. The first kappa shape index (κ1) is 15.0. The highest BCUT2D eigenvalue weighted by atomic mass is 32.1. The van der Waals surface area contributed by atoms with E-state index >= 15 is 0 Å². The minimum Gasteiger partial charge on any atom is -0.486 e. The fourth-order valence-corrected chi connectivity index (χ4v) is 2.64. The van der Waals surface area contributed by atoms with Crippen LogP contribution in [-0.2, 0) is 12.0 Å². The molecule has 1 unspecified atom stereocenters. The van der Waals surface area contributed by atoms with Crippen molar-refractivity contribution in [2.75, 3.05) is 0 Å². The zero-order valence-corrected chi connectivity index (χ0v) is 13.2. The van der Waals surface area contributed by atoms with Gasteiger partial charge >= 0.3 is 0 Å². The molecule has 2 rings (SSSR count). The normalized spacial score (nSPS) is 13.2. The minimum absolute atomic E-state index is 0.0770. The lowest BCUT2D eigenvalue weighted by Gasteiger charge is -2.14. The molecule has 0 spiro atoms. The molecule has 0 aliphatic heterocycles. The van der Waals surface area contributed by atoms with Crippen LogP contribution in [0.15, 0.2) is 29.6 Å². The van der Waals surface area contributed by atoms with E-state index in [1.807, 2.05) is 24.3 Å². The van der Waals surface area contributed by atoms with Crippen molar-refractivity contribution in [2.24, 2.45) is 0 Å². The van der Waals surface area contributed by atoms with Crippen LogP contribution in [0.4, 0.5) is 0 Å². The first-order valence-corrected chi connectivity index (χ1v) is 7.60. The summed E-state index contributed by atoms with van der Waals surface area (Å²) < 4.78 is 5.72. The third-order valence-corrected chi connectivity index (χ3v) is 3.87. The Kier molecular flexibility index (Phi) is 4.45. The van der Waals surface area contributed by atoms with Crippen LogP contribution in [0, 0.1) is 0 Å². The fourth-order valence-electron chi connectivity index (χ4n) is 1.71. The van der Waals surface area contributed by atoms with E-state index in [4.69, 9.17) is 4.74 Å². The molecular weight excluding hydrogens is 270 g/mol. The number of hydrogen-bond acceptors (Lipinski definition) is 4. The number of hydrogen-bond donors (Lipinski definition) is 1. The summed E-state index contributed by atoms with van der Waals surface area (Å²) >= 11 is 1.63. The summed E-state index contributed by atoms with van der Waals surface area (Å²) in [6, 6.07) is 7.51. The molecule has 3 nitrogen and oxygen atoms in total. The van der Waals surface area contributed by atoms with E-state index in [0.717, 1.165) is 22.0 Å². The van der Waals surface area contributed by atoms with E-state index in [1.165, 1.54) is 0 Å². The Morgan fingerprint density at radius 1 is 1.25 bits per heavy atom. The zero-order valence-electron chi connectivity index (χ0n) is 12.4. The van der Waals surface area contributed by atoms with Crippen molar-refractivity contribution in [2.45, 2.75) is 45.8 Å². The summed E-state index contributed by atoms with van der Waals surface area (Å²) in [5, 5.41) is 12.5. The van der Waals surface area contributed by atoms with E-state index in [9.17, 15) is 5.11 Å². The van der Waals surface area contributed by atoms with Gasteiger partial charge in [0, 0.05) is 10.8 Å². The van der Waals surface area contributed by atoms with Gasteiger partial charge in [0.05, 0.1) is 11.8 Å². The van der Waals surface area contributed by atoms with Crippen LogP contribution in [-0.4, -0.2) is 10.1 Å². The monoisotopic (exact) mass is 291 g/mol. The average molecular weight is 291 g/mol. The third kappa shape index (κ3) is 3.81. The Hall–Kier alpha value is -1.39. The van der Waals surface area contributed by atoms with Crippen LogP contribution in [0.1, 0.15) is 50.1 Å². The van der Waals surface area contributed by atoms with Gasteiger partial charge in [0.2, 0.25) is 0 Å².